The Balaban J connectivity index is 2.01. The van der Waals surface area contributed by atoms with Gasteiger partial charge in [-0.1, -0.05) is 35.3 Å². The Hall–Kier alpha value is -2.24. The predicted molar refractivity (Wildman–Crippen MR) is 93.0 cm³/mol. The second-order valence-corrected chi connectivity index (χ2v) is 5.52. The number of halogens is 2. The number of anilines is 1. The summed E-state index contributed by atoms with van der Waals surface area (Å²) in [6, 6.07) is 11.3. The number of nitrogens with one attached hydrogen (secondary N) is 1. The number of ether oxygens (including phenoxy) is 2. The van der Waals surface area contributed by atoms with Crippen LogP contribution in [-0.2, 0) is 9.53 Å². The van der Waals surface area contributed by atoms with E-state index in [2.05, 4.69) is 5.32 Å². The molecular weight excluding hydrogens is 353 g/mol. The molecule has 2 aromatic rings. The molecule has 1 N–H and O–H groups in total. The molecule has 0 bridgehead atoms. The normalized spacial score (nSPS) is 10.1. The molecule has 0 fully saturated rings. The van der Waals surface area contributed by atoms with Gasteiger partial charge in [0, 0.05) is 5.02 Å². The molecule has 0 spiro atoms. The minimum atomic E-state index is -0.505. The lowest BCUT2D eigenvalue weighted by Gasteiger charge is -2.11. The van der Waals surface area contributed by atoms with E-state index in [9.17, 15) is 9.59 Å². The Morgan fingerprint density at radius 1 is 1.12 bits per heavy atom. The van der Waals surface area contributed by atoms with E-state index in [-0.39, 0.29) is 18.8 Å². The molecule has 0 saturated carbocycles. The van der Waals surface area contributed by atoms with Gasteiger partial charge >= 0.3 is 5.97 Å². The van der Waals surface area contributed by atoms with Crippen molar-refractivity contribution in [3.8, 4) is 5.75 Å². The first-order valence-electron chi connectivity index (χ1n) is 7.15. The van der Waals surface area contributed by atoms with Crippen LogP contribution in [0.5, 0.6) is 5.75 Å². The maximum absolute atomic E-state index is 12.0. The first-order valence-corrected chi connectivity index (χ1v) is 7.90. The number of rotatable bonds is 6. The van der Waals surface area contributed by atoms with Crippen molar-refractivity contribution in [1.29, 1.82) is 0 Å². The lowest BCUT2D eigenvalue weighted by Crippen LogP contribution is -2.22. The molecule has 2 rings (SSSR count). The average Bonchev–Trinajstić information content (AvgIpc) is 2.54. The van der Waals surface area contributed by atoms with Crippen LogP contribution in [-0.4, -0.2) is 25.1 Å². The van der Waals surface area contributed by atoms with Crippen molar-refractivity contribution in [2.45, 2.75) is 6.92 Å². The van der Waals surface area contributed by atoms with Crippen LogP contribution in [0.4, 0.5) is 5.69 Å². The standard InChI is InChI=1S/C17H15Cl2NO4/c1-2-23-17(22)12-5-3-4-6-14(12)20-16(21)10-24-15-8-7-11(18)9-13(15)19/h3-9H,2,10H2,1H3,(H,20,21). The van der Waals surface area contributed by atoms with E-state index in [4.69, 9.17) is 32.7 Å². The van der Waals surface area contributed by atoms with Crippen molar-refractivity contribution < 1.29 is 19.1 Å². The minimum Gasteiger partial charge on any atom is -0.482 e. The highest BCUT2D eigenvalue weighted by Gasteiger charge is 2.14. The number of carbonyl (C=O) groups excluding carboxylic acids is 2. The lowest BCUT2D eigenvalue weighted by molar-refractivity contribution is -0.118. The predicted octanol–water partition coefficient (Wildman–Crippen LogP) is 4.19. The van der Waals surface area contributed by atoms with E-state index in [1.54, 1.807) is 43.3 Å². The number of para-hydroxylation sites is 1. The van der Waals surface area contributed by atoms with Crippen molar-refractivity contribution in [3.05, 3.63) is 58.1 Å². The minimum absolute atomic E-state index is 0.249. The number of amides is 1. The van der Waals surface area contributed by atoms with Gasteiger partial charge in [0.25, 0.3) is 5.91 Å². The van der Waals surface area contributed by atoms with Gasteiger partial charge in [0.1, 0.15) is 5.75 Å². The summed E-state index contributed by atoms with van der Waals surface area (Å²) in [4.78, 5) is 23.9. The fourth-order valence-electron chi connectivity index (χ4n) is 1.90. The van der Waals surface area contributed by atoms with E-state index in [1.807, 2.05) is 0 Å². The number of benzene rings is 2. The van der Waals surface area contributed by atoms with Crippen LogP contribution in [0.25, 0.3) is 0 Å². The third-order valence-corrected chi connectivity index (χ3v) is 3.48. The molecule has 0 radical (unpaired) electrons. The number of hydrogen-bond donors (Lipinski definition) is 1. The highest BCUT2D eigenvalue weighted by Crippen LogP contribution is 2.27. The zero-order chi connectivity index (χ0) is 17.5. The summed E-state index contributed by atoms with van der Waals surface area (Å²) >= 11 is 11.8. The molecule has 0 heterocycles. The van der Waals surface area contributed by atoms with Crippen LogP contribution in [0.2, 0.25) is 10.0 Å². The Bertz CT molecular complexity index is 749. The molecule has 0 aliphatic heterocycles. The summed E-state index contributed by atoms with van der Waals surface area (Å²) in [5.74, 6) is -0.595. The molecule has 7 heteroatoms. The average molecular weight is 368 g/mol. The summed E-state index contributed by atoms with van der Waals surface area (Å²) in [5, 5.41) is 3.40. The topological polar surface area (TPSA) is 64.6 Å². The van der Waals surface area contributed by atoms with Crippen LogP contribution >= 0.6 is 23.2 Å². The zero-order valence-electron chi connectivity index (χ0n) is 12.8. The third kappa shape index (κ3) is 4.88. The van der Waals surface area contributed by atoms with Crippen LogP contribution in [0.3, 0.4) is 0 Å². The van der Waals surface area contributed by atoms with Crippen molar-refractivity contribution >= 4 is 40.8 Å². The summed E-state index contributed by atoms with van der Waals surface area (Å²) in [5.41, 5.74) is 0.629. The molecule has 0 atom stereocenters. The van der Waals surface area contributed by atoms with Gasteiger partial charge in [0.05, 0.1) is 22.9 Å². The second-order valence-electron chi connectivity index (χ2n) is 4.68. The molecule has 0 aliphatic rings. The fraction of sp³-hybridized carbons (Fsp3) is 0.176. The second kappa shape index (κ2) is 8.57. The number of esters is 1. The van der Waals surface area contributed by atoms with Crippen LogP contribution < -0.4 is 10.1 Å². The molecule has 0 aromatic heterocycles. The summed E-state index contributed by atoms with van der Waals surface area (Å²) in [7, 11) is 0. The van der Waals surface area contributed by atoms with Gasteiger partial charge in [-0.05, 0) is 37.3 Å². The van der Waals surface area contributed by atoms with Crippen molar-refractivity contribution in [2.24, 2.45) is 0 Å². The monoisotopic (exact) mass is 367 g/mol. The molecule has 2 aromatic carbocycles. The van der Waals surface area contributed by atoms with Crippen molar-refractivity contribution in [2.75, 3.05) is 18.5 Å². The summed E-state index contributed by atoms with van der Waals surface area (Å²) < 4.78 is 10.3. The van der Waals surface area contributed by atoms with Gasteiger partial charge in [-0.25, -0.2) is 4.79 Å². The highest BCUT2D eigenvalue weighted by molar-refractivity contribution is 6.35. The van der Waals surface area contributed by atoms with Crippen molar-refractivity contribution in [1.82, 2.24) is 0 Å². The van der Waals surface area contributed by atoms with Crippen molar-refractivity contribution in [3.63, 3.8) is 0 Å². The van der Waals surface area contributed by atoms with Gasteiger partial charge in [-0.15, -0.1) is 0 Å². The number of hydrogen-bond acceptors (Lipinski definition) is 4. The Kier molecular flexibility index (Phi) is 6.46. The van der Waals surface area contributed by atoms with E-state index in [0.717, 1.165) is 0 Å². The third-order valence-electron chi connectivity index (χ3n) is 2.95. The van der Waals surface area contributed by atoms with Crippen LogP contribution in [0.1, 0.15) is 17.3 Å². The number of carbonyl (C=O) groups is 2. The molecule has 24 heavy (non-hydrogen) atoms. The van der Waals surface area contributed by atoms with E-state index in [0.29, 0.717) is 21.5 Å². The molecule has 0 unspecified atom stereocenters. The smallest absolute Gasteiger partial charge is 0.340 e. The van der Waals surface area contributed by atoms with Gasteiger partial charge in [0.15, 0.2) is 6.61 Å². The fourth-order valence-corrected chi connectivity index (χ4v) is 2.36. The van der Waals surface area contributed by atoms with Gasteiger partial charge in [0.2, 0.25) is 0 Å². The van der Waals surface area contributed by atoms with Gasteiger partial charge < -0.3 is 14.8 Å². The quantitative estimate of drug-likeness (QED) is 0.777. The van der Waals surface area contributed by atoms with Gasteiger partial charge in [-0.3, -0.25) is 4.79 Å². The Morgan fingerprint density at radius 3 is 2.58 bits per heavy atom. The SMILES string of the molecule is CCOC(=O)c1ccccc1NC(=O)COc1ccc(Cl)cc1Cl. The molecule has 5 nitrogen and oxygen atoms in total. The molecule has 1 amide bonds. The first-order chi connectivity index (χ1) is 11.5. The highest BCUT2D eigenvalue weighted by atomic mass is 35.5. The summed E-state index contributed by atoms with van der Waals surface area (Å²) in [6.45, 7) is 1.70. The summed E-state index contributed by atoms with van der Waals surface area (Å²) in [6.07, 6.45) is 0. The van der Waals surface area contributed by atoms with E-state index >= 15 is 0 Å². The first kappa shape index (κ1) is 18.1. The lowest BCUT2D eigenvalue weighted by atomic mass is 10.2. The molecular formula is C17H15Cl2NO4. The maximum atomic E-state index is 12.0. The van der Waals surface area contributed by atoms with E-state index in [1.165, 1.54) is 6.07 Å². The molecule has 0 aliphatic carbocycles. The largest absolute Gasteiger partial charge is 0.482 e. The zero-order valence-corrected chi connectivity index (χ0v) is 14.4. The Morgan fingerprint density at radius 2 is 1.88 bits per heavy atom. The van der Waals surface area contributed by atoms with Crippen LogP contribution in [0, 0.1) is 0 Å². The van der Waals surface area contributed by atoms with Gasteiger partial charge in [-0.2, -0.15) is 0 Å². The van der Waals surface area contributed by atoms with E-state index < -0.39 is 11.9 Å². The maximum Gasteiger partial charge on any atom is 0.340 e. The molecule has 0 saturated heterocycles. The van der Waals surface area contributed by atoms with Crippen LogP contribution in [0.15, 0.2) is 42.5 Å². The Labute approximate surface area is 149 Å². The molecule has 126 valence electrons.